The van der Waals surface area contributed by atoms with Crippen molar-refractivity contribution in [3.63, 3.8) is 0 Å². The van der Waals surface area contributed by atoms with Crippen LogP contribution in [0.15, 0.2) is 48.7 Å². The molecule has 7 heteroatoms. The van der Waals surface area contributed by atoms with Crippen LogP contribution in [0.3, 0.4) is 0 Å². The summed E-state index contributed by atoms with van der Waals surface area (Å²) in [5.41, 5.74) is 1.82. The van der Waals surface area contributed by atoms with E-state index >= 15 is 0 Å². The molecule has 0 fully saturated rings. The quantitative estimate of drug-likeness (QED) is 0.693. The van der Waals surface area contributed by atoms with Crippen LogP contribution in [0.2, 0.25) is 5.02 Å². The van der Waals surface area contributed by atoms with Crippen molar-refractivity contribution in [3.05, 3.63) is 59.5 Å². The van der Waals surface area contributed by atoms with E-state index < -0.39 is 6.55 Å². The molecule has 0 aliphatic carbocycles. The first-order chi connectivity index (χ1) is 10.5. The summed E-state index contributed by atoms with van der Waals surface area (Å²) in [7, 11) is 0. The standard InChI is InChI=1S/C15H9ClF3N3/c16-10-7-13(9-1-3-11(17)4-2-9)20-14(8-10)12-5-6-22(21-12)15(18)19/h1-8,15H. The van der Waals surface area contributed by atoms with Crippen LogP contribution in [-0.2, 0) is 0 Å². The van der Waals surface area contributed by atoms with Gasteiger partial charge in [0.2, 0.25) is 0 Å². The molecule has 1 aromatic carbocycles. The molecule has 0 atom stereocenters. The predicted octanol–water partition coefficient (Wildman–Crippen LogP) is 4.80. The second-order valence-corrected chi connectivity index (χ2v) is 4.96. The molecule has 0 amide bonds. The van der Waals surface area contributed by atoms with Gasteiger partial charge in [-0.05, 0) is 42.5 Å². The Morgan fingerprint density at radius 1 is 0.955 bits per heavy atom. The summed E-state index contributed by atoms with van der Waals surface area (Å²) >= 11 is 6.05. The summed E-state index contributed by atoms with van der Waals surface area (Å²) in [5.74, 6) is -0.360. The molecule has 0 saturated carbocycles. The van der Waals surface area contributed by atoms with Crippen LogP contribution in [0.4, 0.5) is 13.2 Å². The van der Waals surface area contributed by atoms with Gasteiger partial charge in [-0.25, -0.2) is 14.1 Å². The third-order valence-corrected chi connectivity index (χ3v) is 3.22. The number of pyridine rings is 1. The summed E-state index contributed by atoms with van der Waals surface area (Å²) < 4.78 is 38.7. The molecule has 0 radical (unpaired) electrons. The fourth-order valence-corrected chi connectivity index (χ4v) is 2.19. The molecular weight excluding hydrogens is 315 g/mol. The minimum atomic E-state index is -2.72. The van der Waals surface area contributed by atoms with Gasteiger partial charge in [-0.3, -0.25) is 0 Å². The molecule has 0 unspecified atom stereocenters. The number of benzene rings is 1. The van der Waals surface area contributed by atoms with Gasteiger partial charge in [0, 0.05) is 16.8 Å². The Morgan fingerprint density at radius 2 is 1.64 bits per heavy atom. The van der Waals surface area contributed by atoms with Crippen LogP contribution in [0.25, 0.3) is 22.6 Å². The molecule has 0 N–H and O–H groups in total. The molecule has 3 rings (SSSR count). The normalized spacial score (nSPS) is 11.1. The van der Waals surface area contributed by atoms with Crippen LogP contribution >= 0.6 is 11.6 Å². The van der Waals surface area contributed by atoms with Crippen LogP contribution in [0.5, 0.6) is 0 Å². The summed E-state index contributed by atoms with van der Waals surface area (Å²) in [4.78, 5) is 4.35. The minimum absolute atomic E-state index is 0.283. The third kappa shape index (κ3) is 2.96. The average molecular weight is 324 g/mol. The maximum Gasteiger partial charge on any atom is 0.333 e. The molecule has 0 aliphatic rings. The second kappa shape index (κ2) is 5.81. The zero-order valence-electron chi connectivity index (χ0n) is 11.0. The van der Waals surface area contributed by atoms with Gasteiger partial charge in [0.05, 0.1) is 11.4 Å². The van der Waals surface area contributed by atoms with Crippen molar-refractivity contribution in [1.82, 2.24) is 14.8 Å². The van der Waals surface area contributed by atoms with E-state index in [1.54, 1.807) is 18.2 Å². The molecule has 0 spiro atoms. The fraction of sp³-hybridized carbons (Fsp3) is 0.0667. The lowest BCUT2D eigenvalue weighted by Crippen LogP contribution is -1.98. The first-order valence-corrected chi connectivity index (χ1v) is 6.68. The van der Waals surface area contributed by atoms with Gasteiger partial charge < -0.3 is 0 Å². The first kappa shape index (κ1) is 14.6. The molecule has 3 aromatic rings. The van der Waals surface area contributed by atoms with Crippen LogP contribution in [0.1, 0.15) is 6.55 Å². The molecule has 112 valence electrons. The Kier molecular flexibility index (Phi) is 3.85. The van der Waals surface area contributed by atoms with E-state index in [-0.39, 0.29) is 11.5 Å². The maximum atomic E-state index is 13.0. The molecule has 0 saturated heterocycles. The van der Waals surface area contributed by atoms with Gasteiger partial charge in [-0.1, -0.05) is 11.6 Å². The molecule has 0 aliphatic heterocycles. The van der Waals surface area contributed by atoms with Gasteiger partial charge in [0.25, 0.3) is 0 Å². The van der Waals surface area contributed by atoms with Crippen LogP contribution in [-0.4, -0.2) is 14.8 Å². The Morgan fingerprint density at radius 3 is 2.27 bits per heavy atom. The van der Waals surface area contributed by atoms with Crippen LogP contribution < -0.4 is 0 Å². The van der Waals surface area contributed by atoms with Gasteiger partial charge in [0.1, 0.15) is 11.5 Å². The Bertz CT molecular complexity index is 800. The van der Waals surface area contributed by atoms with Crippen molar-refractivity contribution >= 4 is 11.6 Å². The molecule has 0 bridgehead atoms. The molecule has 2 aromatic heterocycles. The Hall–Kier alpha value is -2.34. The van der Waals surface area contributed by atoms with Gasteiger partial charge in [0.15, 0.2) is 0 Å². The number of nitrogens with zero attached hydrogens (tertiary/aromatic N) is 3. The Balaban J connectivity index is 2.04. The number of alkyl halides is 2. The van der Waals surface area contributed by atoms with Gasteiger partial charge in [-0.15, -0.1) is 0 Å². The molecule has 3 nitrogen and oxygen atoms in total. The van der Waals surface area contributed by atoms with E-state index in [2.05, 4.69) is 10.1 Å². The van der Waals surface area contributed by atoms with Crippen molar-refractivity contribution in [2.24, 2.45) is 0 Å². The summed E-state index contributed by atoms with van der Waals surface area (Å²) in [6.07, 6.45) is 1.17. The van der Waals surface area contributed by atoms with Gasteiger partial charge in [-0.2, -0.15) is 13.9 Å². The Labute approximate surface area is 129 Å². The van der Waals surface area contributed by atoms with Crippen molar-refractivity contribution in [1.29, 1.82) is 0 Å². The topological polar surface area (TPSA) is 30.7 Å². The summed E-state index contributed by atoms with van der Waals surface area (Å²) in [5, 5.41) is 4.14. The van der Waals surface area contributed by atoms with E-state index in [1.807, 2.05) is 0 Å². The van der Waals surface area contributed by atoms with Crippen molar-refractivity contribution < 1.29 is 13.2 Å². The van der Waals surface area contributed by atoms with Crippen molar-refractivity contribution in [2.75, 3.05) is 0 Å². The number of aromatic nitrogens is 3. The molecular formula is C15H9ClF3N3. The third-order valence-electron chi connectivity index (χ3n) is 3.00. The van der Waals surface area contributed by atoms with E-state index in [0.29, 0.717) is 26.7 Å². The van der Waals surface area contributed by atoms with E-state index in [9.17, 15) is 13.2 Å². The number of rotatable bonds is 3. The lowest BCUT2D eigenvalue weighted by molar-refractivity contribution is 0.0568. The maximum absolute atomic E-state index is 13.0. The van der Waals surface area contributed by atoms with Crippen molar-refractivity contribution in [3.8, 4) is 22.6 Å². The SMILES string of the molecule is Fc1ccc(-c2cc(Cl)cc(-c3ccn(C(F)F)n3)n2)cc1. The largest absolute Gasteiger partial charge is 0.333 e. The highest BCUT2D eigenvalue weighted by Gasteiger charge is 2.12. The number of hydrogen-bond acceptors (Lipinski definition) is 2. The monoisotopic (exact) mass is 323 g/mol. The van der Waals surface area contributed by atoms with E-state index in [4.69, 9.17) is 11.6 Å². The summed E-state index contributed by atoms with van der Waals surface area (Å²) in [6.45, 7) is -2.72. The molecule has 22 heavy (non-hydrogen) atoms. The lowest BCUT2D eigenvalue weighted by Gasteiger charge is -2.05. The fourth-order valence-electron chi connectivity index (χ4n) is 1.98. The lowest BCUT2D eigenvalue weighted by atomic mass is 10.1. The minimum Gasteiger partial charge on any atom is -0.246 e. The number of hydrogen-bond donors (Lipinski definition) is 0. The van der Waals surface area contributed by atoms with Crippen molar-refractivity contribution in [2.45, 2.75) is 6.55 Å². The van der Waals surface area contributed by atoms with Gasteiger partial charge >= 0.3 is 6.55 Å². The second-order valence-electron chi connectivity index (χ2n) is 4.52. The molecule has 2 heterocycles. The number of halogens is 4. The van der Waals surface area contributed by atoms with E-state index in [0.717, 1.165) is 0 Å². The highest BCUT2D eigenvalue weighted by molar-refractivity contribution is 6.31. The highest BCUT2D eigenvalue weighted by Crippen LogP contribution is 2.27. The average Bonchev–Trinajstić information content (AvgIpc) is 2.97. The smallest absolute Gasteiger partial charge is 0.246 e. The zero-order valence-corrected chi connectivity index (χ0v) is 11.8. The predicted molar refractivity (Wildman–Crippen MR) is 77.1 cm³/mol. The first-order valence-electron chi connectivity index (χ1n) is 6.30. The zero-order chi connectivity index (χ0) is 15.7. The highest BCUT2D eigenvalue weighted by atomic mass is 35.5. The summed E-state index contributed by atoms with van der Waals surface area (Å²) in [6, 6.07) is 10.3. The van der Waals surface area contributed by atoms with E-state index in [1.165, 1.54) is 30.5 Å². The van der Waals surface area contributed by atoms with Crippen LogP contribution in [0, 0.1) is 5.82 Å².